The van der Waals surface area contributed by atoms with Crippen LogP contribution < -0.4 is 0 Å². The zero-order valence-corrected chi connectivity index (χ0v) is 17.4. The van der Waals surface area contributed by atoms with Gasteiger partial charge in [-0.3, -0.25) is 4.79 Å². The summed E-state index contributed by atoms with van der Waals surface area (Å²) < 4.78 is 26.9. The van der Waals surface area contributed by atoms with Crippen LogP contribution in [-0.4, -0.2) is 29.2 Å². The van der Waals surface area contributed by atoms with Gasteiger partial charge in [0, 0.05) is 37.2 Å². The Hall–Kier alpha value is 0.644. The first-order chi connectivity index (χ1) is 9.40. The fraction of sp³-hybridized carbons (Fsp3) is 0.308. The summed E-state index contributed by atoms with van der Waals surface area (Å²) in [5.41, 5.74) is 0.970. The molecule has 0 fully saturated rings. The van der Waals surface area contributed by atoms with Crippen molar-refractivity contribution in [2.75, 3.05) is 6.54 Å². The van der Waals surface area contributed by atoms with Crippen molar-refractivity contribution < 1.29 is 46.3 Å². The average Bonchev–Trinajstić information content (AvgIpc) is 2.36. The Bertz CT molecular complexity index is 571. The number of hydrogen-bond acceptors (Lipinski definition) is 1. The van der Waals surface area contributed by atoms with Crippen molar-refractivity contribution in [2.24, 2.45) is 0 Å². The molecular weight excluding hydrogens is 508 g/mol. The normalized spacial score (nSPS) is 18.6. The van der Waals surface area contributed by atoms with Crippen molar-refractivity contribution in [3.63, 3.8) is 0 Å². The molecule has 2 nitrogen and oxygen atoms in total. The van der Waals surface area contributed by atoms with Crippen LogP contribution in [-0.2, 0) is 37.5 Å². The topological polar surface area (TPSA) is 20.3 Å². The second kappa shape index (κ2) is 8.48. The van der Waals surface area contributed by atoms with E-state index in [-0.39, 0.29) is 39.1 Å². The van der Waals surface area contributed by atoms with E-state index in [0.717, 1.165) is 9.37 Å². The number of carbonyl (C=O) groups excluding carboxylic acids is 1. The second-order valence-corrected chi connectivity index (χ2v) is 6.46. The van der Waals surface area contributed by atoms with E-state index in [9.17, 15) is 13.6 Å². The molecule has 0 N–H and O–H groups in total. The first-order valence-electron chi connectivity index (χ1n) is 5.70. The van der Waals surface area contributed by atoms with E-state index in [1.165, 1.54) is 0 Å². The molecule has 0 aromatic heterocycles. The van der Waals surface area contributed by atoms with Crippen molar-refractivity contribution in [2.45, 2.75) is 18.2 Å². The summed E-state index contributed by atoms with van der Waals surface area (Å²) in [6, 6.07) is 5.28. The van der Waals surface area contributed by atoms with Crippen LogP contribution in [0, 0.1) is 6.08 Å². The predicted molar refractivity (Wildman–Crippen MR) is 80.5 cm³/mol. The third-order valence-electron chi connectivity index (χ3n) is 2.76. The molecule has 1 atom stereocenters. The molecule has 1 aromatic rings. The number of benzene rings is 1. The largest absolute Gasteiger partial charge is 0.340 e. The summed E-state index contributed by atoms with van der Waals surface area (Å²) in [7, 11) is 0. The predicted octanol–water partition coefficient (Wildman–Crippen LogP) is 4.46. The van der Waals surface area contributed by atoms with Crippen LogP contribution in [0.4, 0.5) is 8.78 Å². The fourth-order valence-electron chi connectivity index (χ4n) is 1.89. The van der Waals surface area contributed by atoms with Crippen molar-refractivity contribution >= 4 is 55.1 Å². The number of carbonyl (C=O) groups is 1. The molecule has 1 radical (unpaired) electrons. The van der Waals surface area contributed by atoms with E-state index < -0.39 is 24.3 Å². The summed E-state index contributed by atoms with van der Waals surface area (Å²) >= 11 is 12.5. The third-order valence-corrected chi connectivity index (χ3v) is 4.25. The molecule has 1 aliphatic heterocycles. The minimum Gasteiger partial charge on any atom is -0.340 e. The summed E-state index contributed by atoms with van der Waals surface area (Å²) in [6.45, 7) is -0.688. The van der Waals surface area contributed by atoms with Crippen molar-refractivity contribution in [1.82, 2.24) is 4.90 Å². The molecule has 1 aromatic carbocycles. The van der Waals surface area contributed by atoms with E-state index >= 15 is 0 Å². The molecule has 8 heteroatoms. The number of nitrogens with zero attached hydrogens (tertiary/aromatic N) is 1. The van der Waals surface area contributed by atoms with Gasteiger partial charge in [-0.15, -0.1) is 28.9 Å². The van der Waals surface area contributed by atoms with Crippen molar-refractivity contribution in [1.29, 1.82) is 0 Å². The van der Waals surface area contributed by atoms with E-state index in [1.54, 1.807) is 18.2 Å². The minimum atomic E-state index is -2.63. The molecule has 111 valence electrons. The molecule has 0 spiro atoms. The van der Waals surface area contributed by atoms with Crippen LogP contribution in [0.5, 0.6) is 0 Å². The number of halogens is 5. The molecule has 0 saturated heterocycles. The van der Waals surface area contributed by atoms with Gasteiger partial charge in [-0.25, -0.2) is 14.9 Å². The van der Waals surface area contributed by atoms with Crippen molar-refractivity contribution in [3.8, 4) is 0 Å². The molecular formula is C13H9Br2ClF2NOY-. The van der Waals surface area contributed by atoms with E-state index in [2.05, 4.69) is 37.9 Å². The molecule has 0 saturated carbocycles. The van der Waals surface area contributed by atoms with Gasteiger partial charge >= 0.3 is 0 Å². The Morgan fingerprint density at radius 2 is 2.10 bits per heavy atom. The van der Waals surface area contributed by atoms with E-state index in [1.807, 2.05) is 0 Å². The molecule has 2 rings (SSSR count). The van der Waals surface area contributed by atoms with E-state index in [4.69, 9.17) is 11.6 Å². The zero-order chi connectivity index (χ0) is 14.9. The van der Waals surface area contributed by atoms with Gasteiger partial charge in [0.15, 0.2) is 0 Å². The monoisotopic (exact) mass is 515 g/mol. The van der Waals surface area contributed by atoms with Gasteiger partial charge in [-0.05, 0) is 0 Å². The fourth-order valence-corrected chi connectivity index (χ4v) is 3.32. The number of allylic oxidation sites excluding steroid dienone is 1. The summed E-state index contributed by atoms with van der Waals surface area (Å²) in [6.07, 6.45) is 0.516. The van der Waals surface area contributed by atoms with Crippen LogP contribution >= 0.6 is 43.5 Å². The van der Waals surface area contributed by atoms with Gasteiger partial charge in [-0.2, -0.15) is 0 Å². The zero-order valence-electron chi connectivity index (χ0n) is 10.6. The minimum absolute atomic E-state index is 0. The SMILES string of the molecule is O=C1C(Cl)C[C-]=C(c2ccc(Br)cc2Br)N1CC(F)F.[Y]. The van der Waals surface area contributed by atoms with Gasteiger partial charge in [0.2, 0.25) is 5.91 Å². The molecule has 21 heavy (non-hydrogen) atoms. The first-order valence-corrected chi connectivity index (χ1v) is 7.72. The van der Waals surface area contributed by atoms with Gasteiger partial charge in [-0.1, -0.05) is 54.9 Å². The third kappa shape index (κ3) is 4.81. The Morgan fingerprint density at radius 3 is 2.67 bits per heavy atom. The van der Waals surface area contributed by atoms with Gasteiger partial charge < -0.3 is 4.90 Å². The molecule has 0 bridgehead atoms. The Kier molecular flexibility index (Phi) is 7.95. The first kappa shape index (κ1) is 19.7. The maximum Gasteiger partial charge on any atom is 0.256 e. The standard InChI is InChI=1S/C13H9Br2ClF2NO.Y/c14-7-1-2-8(9(15)5-7)11-4-3-10(16)13(20)19(11)6-12(17)18;/h1-2,5,10,12H,3,6H2;/q-1;. The number of amides is 1. The maximum absolute atomic E-state index is 12.7. The average molecular weight is 517 g/mol. The number of rotatable bonds is 3. The Labute approximate surface area is 168 Å². The number of hydrogen-bond donors (Lipinski definition) is 0. The summed E-state index contributed by atoms with van der Waals surface area (Å²) in [4.78, 5) is 13.0. The van der Waals surface area contributed by atoms with Crippen LogP contribution in [0.1, 0.15) is 12.0 Å². The molecule has 1 heterocycles. The van der Waals surface area contributed by atoms with Crippen LogP contribution in [0.2, 0.25) is 0 Å². The quantitative estimate of drug-likeness (QED) is 0.429. The Balaban J connectivity index is 0.00000220. The van der Waals surface area contributed by atoms with Crippen LogP contribution in [0.15, 0.2) is 27.1 Å². The summed E-state index contributed by atoms with van der Waals surface area (Å²) in [5.74, 6) is -0.518. The molecule has 0 aliphatic carbocycles. The van der Waals surface area contributed by atoms with Crippen molar-refractivity contribution in [3.05, 3.63) is 38.8 Å². The van der Waals surface area contributed by atoms with Gasteiger partial charge in [0.1, 0.15) is 5.38 Å². The van der Waals surface area contributed by atoms with Crippen LogP contribution in [0.25, 0.3) is 5.70 Å². The summed E-state index contributed by atoms with van der Waals surface area (Å²) in [5, 5.41) is -0.841. The van der Waals surface area contributed by atoms with E-state index in [0.29, 0.717) is 15.7 Å². The number of alkyl halides is 3. The maximum atomic E-state index is 12.7. The second-order valence-electron chi connectivity index (χ2n) is 4.16. The van der Waals surface area contributed by atoms with Crippen LogP contribution in [0.3, 0.4) is 0 Å². The Morgan fingerprint density at radius 1 is 1.43 bits per heavy atom. The van der Waals surface area contributed by atoms with Gasteiger partial charge in [0.05, 0.1) is 6.54 Å². The molecule has 1 amide bonds. The van der Waals surface area contributed by atoms with Gasteiger partial charge in [0.25, 0.3) is 6.43 Å². The molecule has 1 aliphatic rings. The smallest absolute Gasteiger partial charge is 0.256 e. The molecule has 1 unspecified atom stereocenters.